The molecule has 1 aliphatic carbocycles. The molecule has 0 aromatic heterocycles. The van der Waals surface area contributed by atoms with Gasteiger partial charge in [0.05, 0.1) is 0 Å². The van der Waals surface area contributed by atoms with Gasteiger partial charge in [0.2, 0.25) is 0 Å². The minimum absolute atomic E-state index is 0.0767. The summed E-state index contributed by atoms with van der Waals surface area (Å²) in [6.07, 6.45) is 8.39. The van der Waals surface area contributed by atoms with Crippen LogP contribution in [-0.4, -0.2) is 0 Å². The topological polar surface area (TPSA) is 0 Å². The van der Waals surface area contributed by atoms with Crippen LogP contribution in [0.1, 0.15) is 33.1 Å². The number of allylic oxidation sites excluding steroid dienone is 4. The Hall–Kier alpha value is -0.590. The molecule has 11 heavy (non-hydrogen) atoms. The van der Waals surface area contributed by atoms with E-state index in [1.165, 1.54) is 0 Å². The summed E-state index contributed by atoms with van der Waals surface area (Å²) >= 11 is 0. The first kappa shape index (κ1) is 8.51. The quantitative estimate of drug-likeness (QED) is 0.570. The molecule has 1 rings (SSSR count). The smallest absolute Gasteiger partial charge is 0.119 e. The molecule has 0 spiro atoms. The Morgan fingerprint density at radius 3 is 2.91 bits per heavy atom. The van der Waals surface area contributed by atoms with Crippen LogP contribution in [0.4, 0.5) is 4.39 Å². The van der Waals surface area contributed by atoms with Crippen molar-refractivity contribution in [2.45, 2.75) is 33.1 Å². The molecule has 0 radical (unpaired) electrons. The normalized spacial score (nSPS) is 30.3. The third kappa shape index (κ3) is 2.18. The zero-order chi connectivity index (χ0) is 8.32. The van der Waals surface area contributed by atoms with E-state index in [-0.39, 0.29) is 11.2 Å². The molecule has 1 aliphatic rings. The van der Waals surface area contributed by atoms with Gasteiger partial charge in [0.1, 0.15) is 5.83 Å². The van der Waals surface area contributed by atoms with Crippen LogP contribution in [0.5, 0.6) is 0 Å². The average Bonchev–Trinajstić information content (AvgIpc) is 1.86. The number of hydrogen-bond acceptors (Lipinski definition) is 0. The minimum Gasteiger partial charge on any atom is -0.207 e. The molecule has 1 unspecified atom stereocenters. The molecular formula is C10H15F. The van der Waals surface area contributed by atoms with E-state index in [1.54, 1.807) is 12.2 Å². The molecule has 0 saturated heterocycles. The summed E-state index contributed by atoms with van der Waals surface area (Å²) in [7, 11) is 0. The maximum atomic E-state index is 12.8. The average molecular weight is 154 g/mol. The lowest BCUT2D eigenvalue weighted by molar-refractivity contribution is 0.376. The van der Waals surface area contributed by atoms with Crippen molar-refractivity contribution in [3.63, 3.8) is 0 Å². The van der Waals surface area contributed by atoms with Crippen LogP contribution in [0.25, 0.3) is 0 Å². The maximum Gasteiger partial charge on any atom is 0.119 e. The van der Waals surface area contributed by atoms with Crippen LogP contribution in [-0.2, 0) is 0 Å². The Kier molecular flexibility index (Phi) is 2.48. The second-order valence-electron chi connectivity index (χ2n) is 3.54. The molecule has 1 atom stereocenters. The van der Waals surface area contributed by atoms with Crippen LogP contribution in [0.3, 0.4) is 0 Å². The van der Waals surface area contributed by atoms with Crippen LogP contribution >= 0.6 is 0 Å². The molecule has 0 aromatic rings. The molecule has 0 fully saturated rings. The number of hydrogen-bond donors (Lipinski definition) is 0. The fourth-order valence-corrected chi connectivity index (χ4v) is 1.63. The molecule has 0 aromatic carbocycles. The van der Waals surface area contributed by atoms with Gasteiger partial charge in [-0.05, 0) is 30.4 Å². The molecule has 0 bridgehead atoms. The van der Waals surface area contributed by atoms with E-state index < -0.39 is 0 Å². The summed E-state index contributed by atoms with van der Waals surface area (Å²) in [4.78, 5) is 0. The van der Waals surface area contributed by atoms with E-state index in [1.807, 2.05) is 6.08 Å². The van der Waals surface area contributed by atoms with Crippen molar-refractivity contribution < 1.29 is 4.39 Å². The molecule has 1 heteroatoms. The molecule has 0 N–H and O–H groups in total. The summed E-state index contributed by atoms with van der Waals surface area (Å²) in [5.41, 5.74) is 0.0770. The van der Waals surface area contributed by atoms with Crippen molar-refractivity contribution >= 4 is 0 Å². The standard InChI is InChI=1S/C10H15F/c1-3-6-10(2)7-4-5-9(11)8-10/h4-5,8H,3,6-7H2,1-2H3. The molecule has 0 aliphatic heterocycles. The molecule has 0 amide bonds. The van der Waals surface area contributed by atoms with Gasteiger partial charge in [-0.1, -0.05) is 26.3 Å². The highest BCUT2D eigenvalue weighted by Crippen LogP contribution is 2.34. The highest BCUT2D eigenvalue weighted by molar-refractivity contribution is 5.20. The Bertz CT molecular complexity index is 191. The van der Waals surface area contributed by atoms with E-state index in [4.69, 9.17) is 0 Å². The van der Waals surface area contributed by atoms with Gasteiger partial charge in [-0.25, -0.2) is 4.39 Å². The van der Waals surface area contributed by atoms with Crippen molar-refractivity contribution in [2.75, 3.05) is 0 Å². The van der Waals surface area contributed by atoms with Gasteiger partial charge in [-0.2, -0.15) is 0 Å². The lowest BCUT2D eigenvalue weighted by Crippen LogP contribution is -2.13. The Balaban J connectivity index is 2.66. The zero-order valence-electron chi connectivity index (χ0n) is 7.23. The van der Waals surface area contributed by atoms with Crippen molar-refractivity contribution in [3.8, 4) is 0 Å². The Morgan fingerprint density at radius 1 is 1.64 bits per heavy atom. The minimum atomic E-state index is -0.0767. The fourth-order valence-electron chi connectivity index (χ4n) is 1.63. The third-order valence-corrected chi connectivity index (χ3v) is 2.17. The molecule has 62 valence electrons. The van der Waals surface area contributed by atoms with Crippen LogP contribution < -0.4 is 0 Å². The van der Waals surface area contributed by atoms with Crippen molar-refractivity contribution in [1.29, 1.82) is 0 Å². The Morgan fingerprint density at radius 2 is 2.36 bits per heavy atom. The SMILES string of the molecule is CCCC1(C)C=C(F)C=CC1. The highest BCUT2D eigenvalue weighted by atomic mass is 19.1. The van der Waals surface area contributed by atoms with E-state index in [9.17, 15) is 4.39 Å². The van der Waals surface area contributed by atoms with E-state index >= 15 is 0 Å². The van der Waals surface area contributed by atoms with Crippen LogP contribution in [0.15, 0.2) is 24.1 Å². The summed E-state index contributed by atoms with van der Waals surface area (Å²) in [6, 6.07) is 0. The molecule has 0 saturated carbocycles. The first-order valence-corrected chi connectivity index (χ1v) is 4.21. The highest BCUT2D eigenvalue weighted by Gasteiger charge is 2.21. The summed E-state index contributed by atoms with van der Waals surface area (Å²) in [5.74, 6) is -0.0767. The van der Waals surface area contributed by atoms with Crippen molar-refractivity contribution in [2.24, 2.45) is 5.41 Å². The van der Waals surface area contributed by atoms with Crippen LogP contribution in [0.2, 0.25) is 0 Å². The fraction of sp³-hybridized carbons (Fsp3) is 0.600. The van der Waals surface area contributed by atoms with Gasteiger partial charge in [0.25, 0.3) is 0 Å². The van der Waals surface area contributed by atoms with Crippen LogP contribution in [0, 0.1) is 5.41 Å². The summed E-state index contributed by atoms with van der Waals surface area (Å²) < 4.78 is 12.8. The first-order valence-electron chi connectivity index (χ1n) is 4.21. The molecule has 0 nitrogen and oxygen atoms in total. The Labute approximate surface area is 67.8 Å². The van der Waals surface area contributed by atoms with Gasteiger partial charge >= 0.3 is 0 Å². The summed E-state index contributed by atoms with van der Waals surface area (Å²) in [6.45, 7) is 4.24. The van der Waals surface area contributed by atoms with Gasteiger partial charge in [0.15, 0.2) is 0 Å². The third-order valence-electron chi connectivity index (χ3n) is 2.17. The molecule has 0 heterocycles. The van der Waals surface area contributed by atoms with Gasteiger partial charge in [-0.15, -0.1) is 0 Å². The second kappa shape index (κ2) is 3.21. The van der Waals surface area contributed by atoms with Gasteiger partial charge in [0, 0.05) is 0 Å². The summed E-state index contributed by atoms with van der Waals surface area (Å²) in [5, 5.41) is 0. The number of halogens is 1. The predicted molar refractivity (Wildman–Crippen MR) is 46.0 cm³/mol. The largest absolute Gasteiger partial charge is 0.207 e. The van der Waals surface area contributed by atoms with E-state index in [0.717, 1.165) is 19.3 Å². The number of rotatable bonds is 2. The zero-order valence-corrected chi connectivity index (χ0v) is 7.23. The lowest BCUT2D eigenvalue weighted by atomic mass is 9.80. The van der Waals surface area contributed by atoms with E-state index in [2.05, 4.69) is 13.8 Å². The monoisotopic (exact) mass is 154 g/mol. The predicted octanol–water partition coefficient (Wildman–Crippen LogP) is 3.61. The van der Waals surface area contributed by atoms with Gasteiger partial charge in [-0.3, -0.25) is 0 Å². The van der Waals surface area contributed by atoms with E-state index in [0.29, 0.717) is 0 Å². The maximum absolute atomic E-state index is 12.8. The second-order valence-corrected chi connectivity index (χ2v) is 3.54. The lowest BCUT2D eigenvalue weighted by Gasteiger charge is -2.25. The first-order chi connectivity index (χ1) is 5.16. The van der Waals surface area contributed by atoms with Crippen molar-refractivity contribution in [3.05, 3.63) is 24.1 Å². The van der Waals surface area contributed by atoms with Crippen molar-refractivity contribution in [1.82, 2.24) is 0 Å². The molecular weight excluding hydrogens is 139 g/mol. The van der Waals surface area contributed by atoms with Gasteiger partial charge < -0.3 is 0 Å².